The zero-order valence-corrected chi connectivity index (χ0v) is 31.0. The van der Waals surface area contributed by atoms with E-state index >= 15 is 0 Å². The van der Waals surface area contributed by atoms with Gasteiger partial charge in [0.05, 0.1) is 11.0 Å². The monoisotopic (exact) mass is 668 g/mol. The first-order chi connectivity index (χ1) is 23.1. The van der Waals surface area contributed by atoms with E-state index in [4.69, 9.17) is 0 Å². The molecule has 6 heteroatoms. The molecule has 2 amide bonds. The molecule has 266 valence electrons. The van der Waals surface area contributed by atoms with Crippen LogP contribution >= 0.6 is 0 Å². The number of nitrogens with one attached hydrogen (secondary N) is 1. The Kier molecular flexibility index (Phi) is 8.35. The minimum Gasteiger partial charge on any atom is -0.478 e. The Morgan fingerprint density at radius 3 is 2.33 bits per heavy atom. The average molecular weight is 669 g/mol. The third-order valence-electron chi connectivity index (χ3n) is 16.4. The summed E-state index contributed by atoms with van der Waals surface area (Å²) in [4.78, 5) is 40.1. The number of carbonyl (C=O) groups excluding carboxylic acids is 2. The van der Waals surface area contributed by atoms with E-state index in [9.17, 15) is 19.5 Å². The van der Waals surface area contributed by atoms with E-state index in [0.717, 1.165) is 50.6 Å². The lowest BCUT2D eigenvalue weighted by Gasteiger charge is -2.72. The molecule has 5 aliphatic carbocycles. The molecule has 9 atom stereocenters. The lowest BCUT2D eigenvalue weighted by atomic mass is 9.32. The van der Waals surface area contributed by atoms with Gasteiger partial charge in [-0.15, -0.1) is 0 Å². The highest BCUT2D eigenvalue weighted by molar-refractivity contribution is 5.88. The largest absolute Gasteiger partial charge is 0.478 e. The quantitative estimate of drug-likeness (QED) is 0.285. The maximum absolute atomic E-state index is 14.4. The molecular weight excluding hydrogens is 608 g/mol. The molecular formula is C43H60N2O4. The Morgan fingerprint density at radius 1 is 0.939 bits per heavy atom. The second-order valence-electron chi connectivity index (χ2n) is 18.5. The molecule has 0 aromatic heterocycles. The maximum atomic E-state index is 14.4. The van der Waals surface area contributed by atoms with Gasteiger partial charge in [0.15, 0.2) is 0 Å². The number of fused-ring (bicyclic) bond motifs is 7. The van der Waals surface area contributed by atoms with Crippen molar-refractivity contribution < 1.29 is 19.5 Å². The third-order valence-corrected chi connectivity index (χ3v) is 16.4. The summed E-state index contributed by atoms with van der Waals surface area (Å²) in [7, 11) is 0. The van der Waals surface area contributed by atoms with Gasteiger partial charge >= 0.3 is 5.97 Å². The van der Waals surface area contributed by atoms with Crippen LogP contribution in [0.15, 0.2) is 42.5 Å². The number of carboxylic acid groups (broad SMARTS) is 1. The van der Waals surface area contributed by atoms with E-state index in [1.807, 2.05) is 17.0 Å². The molecule has 0 radical (unpaired) electrons. The fourth-order valence-corrected chi connectivity index (χ4v) is 13.8. The molecule has 0 bridgehead atoms. The van der Waals surface area contributed by atoms with E-state index in [-0.39, 0.29) is 38.9 Å². The Labute approximate surface area is 294 Å². The first-order valence-corrected chi connectivity index (χ1v) is 19.4. The zero-order chi connectivity index (χ0) is 35.1. The predicted molar refractivity (Wildman–Crippen MR) is 195 cm³/mol. The molecule has 49 heavy (non-hydrogen) atoms. The third kappa shape index (κ3) is 4.95. The van der Waals surface area contributed by atoms with Crippen molar-refractivity contribution in [1.82, 2.24) is 10.2 Å². The van der Waals surface area contributed by atoms with Gasteiger partial charge in [-0.3, -0.25) is 9.59 Å². The number of allylic oxidation sites excluding steroid dienone is 3. The summed E-state index contributed by atoms with van der Waals surface area (Å²) in [6.45, 7) is 21.4. The van der Waals surface area contributed by atoms with Crippen molar-refractivity contribution in [3.05, 3.63) is 53.6 Å². The van der Waals surface area contributed by atoms with Crippen molar-refractivity contribution in [2.45, 2.75) is 112 Å². The van der Waals surface area contributed by atoms with Gasteiger partial charge in [-0.25, -0.2) is 4.79 Å². The van der Waals surface area contributed by atoms with Gasteiger partial charge < -0.3 is 15.3 Å². The van der Waals surface area contributed by atoms with Gasteiger partial charge in [-0.2, -0.15) is 0 Å². The van der Waals surface area contributed by atoms with E-state index in [0.29, 0.717) is 54.7 Å². The van der Waals surface area contributed by atoms with Crippen LogP contribution in [0.5, 0.6) is 0 Å². The average Bonchev–Trinajstić information content (AvgIpc) is 3.65. The lowest BCUT2D eigenvalue weighted by molar-refractivity contribution is -0.225. The van der Waals surface area contributed by atoms with E-state index in [2.05, 4.69) is 59.5 Å². The van der Waals surface area contributed by atoms with Gasteiger partial charge in [0.1, 0.15) is 0 Å². The number of aromatic carboxylic acids is 1. The number of hydrogen-bond donors (Lipinski definition) is 2. The van der Waals surface area contributed by atoms with Crippen LogP contribution in [0, 0.1) is 56.7 Å². The van der Waals surface area contributed by atoms with Gasteiger partial charge in [0.25, 0.3) is 0 Å². The fraction of sp³-hybridized carbons (Fsp3) is 0.698. The van der Waals surface area contributed by atoms with E-state index in [1.54, 1.807) is 12.1 Å². The van der Waals surface area contributed by atoms with Crippen molar-refractivity contribution in [2.75, 3.05) is 19.6 Å². The summed E-state index contributed by atoms with van der Waals surface area (Å²) in [5, 5.41) is 12.9. The van der Waals surface area contributed by atoms with Gasteiger partial charge in [0.2, 0.25) is 11.8 Å². The minimum absolute atomic E-state index is 0.0210. The number of likely N-dealkylation sites (tertiary alicyclic amines) is 1. The number of amides is 2. The summed E-state index contributed by atoms with van der Waals surface area (Å²) in [5.74, 6) is 1.93. The Bertz CT molecular complexity index is 1580. The molecule has 1 heterocycles. The fourth-order valence-electron chi connectivity index (χ4n) is 13.8. The number of carbonyl (C=O) groups is 3. The molecule has 0 spiro atoms. The van der Waals surface area contributed by atoms with Crippen molar-refractivity contribution in [3.8, 4) is 0 Å². The summed E-state index contributed by atoms with van der Waals surface area (Å²) >= 11 is 0. The van der Waals surface area contributed by atoms with Crippen LogP contribution < -0.4 is 5.32 Å². The topological polar surface area (TPSA) is 86.7 Å². The van der Waals surface area contributed by atoms with Crippen molar-refractivity contribution >= 4 is 23.4 Å². The smallest absolute Gasteiger partial charge is 0.335 e. The van der Waals surface area contributed by atoms with Crippen LogP contribution in [0.3, 0.4) is 0 Å². The van der Waals surface area contributed by atoms with Crippen molar-refractivity contribution in [3.63, 3.8) is 0 Å². The van der Waals surface area contributed by atoms with Crippen molar-refractivity contribution in [2.24, 2.45) is 56.7 Å². The molecule has 0 unspecified atom stereocenters. The summed E-state index contributed by atoms with van der Waals surface area (Å²) in [6, 6.07) is 7.52. The second-order valence-corrected chi connectivity index (χ2v) is 18.5. The molecule has 2 N–H and O–H groups in total. The molecule has 5 fully saturated rings. The van der Waals surface area contributed by atoms with E-state index in [1.165, 1.54) is 36.8 Å². The number of hydrogen-bond acceptors (Lipinski definition) is 3. The maximum Gasteiger partial charge on any atom is 0.335 e. The highest BCUT2D eigenvalue weighted by Crippen LogP contribution is 2.77. The van der Waals surface area contributed by atoms with Gasteiger partial charge in [-0.05, 0) is 146 Å². The molecule has 6 nitrogen and oxygen atoms in total. The summed E-state index contributed by atoms with van der Waals surface area (Å²) in [6.07, 6.45) is 14.0. The highest BCUT2D eigenvalue weighted by atomic mass is 16.4. The number of rotatable bonds is 7. The Morgan fingerprint density at radius 2 is 1.67 bits per heavy atom. The van der Waals surface area contributed by atoms with Crippen LogP contribution in [-0.2, 0) is 9.59 Å². The molecule has 1 saturated heterocycles. The highest BCUT2D eigenvalue weighted by Gasteiger charge is 2.71. The number of benzene rings is 1. The van der Waals surface area contributed by atoms with E-state index < -0.39 is 5.97 Å². The Hall–Kier alpha value is -2.89. The molecule has 4 saturated carbocycles. The second kappa shape index (κ2) is 11.8. The van der Waals surface area contributed by atoms with Crippen LogP contribution in [0.25, 0.3) is 5.57 Å². The first kappa shape index (κ1) is 34.6. The van der Waals surface area contributed by atoms with Gasteiger partial charge in [-0.1, -0.05) is 65.0 Å². The number of carboxylic acids is 1. The molecule has 6 aliphatic rings. The first-order valence-electron chi connectivity index (χ1n) is 19.4. The molecule has 1 aliphatic heterocycles. The van der Waals surface area contributed by atoms with Crippen LogP contribution in [0.1, 0.15) is 128 Å². The molecule has 1 aromatic carbocycles. The lowest BCUT2D eigenvalue weighted by Crippen LogP contribution is -2.66. The minimum atomic E-state index is -0.880. The molecule has 1 aromatic rings. The van der Waals surface area contributed by atoms with Crippen LogP contribution in [-0.4, -0.2) is 47.4 Å². The van der Waals surface area contributed by atoms with Crippen molar-refractivity contribution in [1.29, 1.82) is 0 Å². The summed E-state index contributed by atoms with van der Waals surface area (Å²) < 4.78 is 0. The molecule has 7 rings (SSSR count). The Balaban J connectivity index is 1.17. The predicted octanol–water partition coefficient (Wildman–Crippen LogP) is 8.77. The van der Waals surface area contributed by atoms with Crippen LogP contribution in [0.4, 0.5) is 0 Å². The summed E-state index contributed by atoms with van der Waals surface area (Å²) in [5.41, 5.74) is 4.27. The van der Waals surface area contributed by atoms with Crippen LogP contribution in [0.2, 0.25) is 0 Å². The van der Waals surface area contributed by atoms with Gasteiger partial charge in [0, 0.05) is 26.1 Å². The zero-order valence-electron chi connectivity index (χ0n) is 31.0. The number of nitrogens with zero attached hydrogens (tertiary/aromatic N) is 1. The normalized spacial score (nSPS) is 40.8. The standard InChI is InChI=1S/C43H60N2O4/c1-27(2)30-16-21-43(38(49)44-24-26-45-25-8-9-35(45)46)23-22-41(6)32(36(30)43)14-15-34-40(5)19-17-31(28-10-12-29(13-11-28)37(47)48)39(3,4)33(40)18-20-42(34,41)7/h10-13,17,30,32-34,36H,1,8-9,14-16,18-26H2,2-7H3,(H,44,49)(H,47,48)/t30-,32+,33-,34+,36+,40-,41+,42+,43-/m0/s1. The SMILES string of the molecule is C=C(C)[C@@H]1CC[C@]2(C(=O)NCCN3CCCC3=O)CC[C@]3(C)[C@H](CC[C@@H]4[C@@]5(C)CC=C(c6ccc(C(=O)O)cc6)C(C)(C)[C@@H]5CC[C@]43C)[C@@H]12.